The quantitative estimate of drug-likeness (QED) is 0.676. The summed E-state index contributed by atoms with van der Waals surface area (Å²) in [4.78, 5) is 10.6. The fraction of sp³-hybridized carbons (Fsp3) is 0.571. The molecule has 0 aliphatic heterocycles. The Morgan fingerprint density at radius 2 is 2.43 bits per heavy atom. The summed E-state index contributed by atoms with van der Waals surface area (Å²) >= 11 is 1.15. The highest BCUT2D eigenvalue weighted by Gasteiger charge is 2.30. The molecule has 2 N–H and O–H groups in total. The molecule has 0 saturated heterocycles. The number of aromatic nitrogens is 3. The molecule has 1 aromatic heterocycles. The first-order valence-corrected chi connectivity index (χ1v) is 4.84. The highest BCUT2D eigenvalue weighted by Crippen LogP contribution is 2.19. The molecule has 1 rings (SSSR count). The fourth-order valence-electron chi connectivity index (χ4n) is 0.670. The van der Waals surface area contributed by atoms with E-state index >= 15 is 0 Å². The highest BCUT2D eigenvalue weighted by atomic mass is 32.2. The molecule has 1 aromatic rings. The minimum Gasteiger partial charge on any atom is -0.479 e. The summed E-state index contributed by atoms with van der Waals surface area (Å²) in [7, 11) is 1.75. The Morgan fingerprint density at radius 3 is 2.86 bits per heavy atom. The van der Waals surface area contributed by atoms with Crippen LogP contribution < -0.4 is 0 Å². The molecule has 0 amide bonds. The minimum atomic E-state index is -1.74. The number of thioether (sulfide) groups is 1. The number of hydrogen-bond acceptors (Lipinski definition) is 5. The van der Waals surface area contributed by atoms with E-state index in [4.69, 9.17) is 5.11 Å². The summed E-state index contributed by atoms with van der Waals surface area (Å²) in [6.45, 7) is 1.25. The molecule has 6 nitrogen and oxygen atoms in total. The van der Waals surface area contributed by atoms with E-state index in [1.54, 1.807) is 11.6 Å². The van der Waals surface area contributed by atoms with Crippen LogP contribution in [0.4, 0.5) is 0 Å². The molecule has 0 spiro atoms. The number of nitrogens with zero attached hydrogens (tertiary/aromatic N) is 3. The summed E-state index contributed by atoms with van der Waals surface area (Å²) in [5.41, 5.74) is -1.74. The van der Waals surface area contributed by atoms with Crippen LogP contribution in [0.2, 0.25) is 0 Å². The standard InChI is InChI=1S/C7H11N3O3S/c1-7(13,5(11)12)3-14-6-9-8-4-10(6)2/h4,13H,3H2,1-2H3,(H,11,12). The van der Waals surface area contributed by atoms with Crippen molar-refractivity contribution in [2.75, 3.05) is 5.75 Å². The van der Waals surface area contributed by atoms with E-state index in [0.717, 1.165) is 11.8 Å². The topological polar surface area (TPSA) is 88.2 Å². The van der Waals surface area contributed by atoms with Crippen LogP contribution in [0, 0.1) is 0 Å². The van der Waals surface area contributed by atoms with Gasteiger partial charge in [0, 0.05) is 12.8 Å². The molecule has 0 aliphatic carbocycles. The molecule has 0 saturated carbocycles. The zero-order chi connectivity index (χ0) is 10.8. The van der Waals surface area contributed by atoms with Gasteiger partial charge in [-0.2, -0.15) is 0 Å². The zero-order valence-electron chi connectivity index (χ0n) is 7.84. The summed E-state index contributed by atoms with van der Waals surface area (Å²) in [6.07, 6.45) is 1.51. The van der Waals surface area contributed by atoms with Gasteiger partial charge in [0.05, 0.1) is 0 Å². The van der Waals surface area contributed by atoms with Crippen LogP contribution >= 0.6 is 11.8 Å². The van der Waals surface area contributed by atoms with E-state index in [-0.39, 0.29) is 5.75 Å². The van der Waals surface area contributed by atoms with Gasteiger partial charge in [0.2, 0.25) is 0 Å². The van der Waals surface area contributed by atoms with E-state index in [0.29, 0.717) is 5.16 Å². The predicted octanol–water partition coefficient (Wildman–Crippen LogP) is -0.257. The summed E-state index contributed by atoms with van der Waals surface area (Å²) < 4.78 is 1.66. The van der Waals surface area contributed by atoms with Gasteiger partial charge in [0.1, 0.15) is 6.33 Å². The number of carboxylic acid groups (broad SMARTS) is 1. The number of hydrogen-bond donors (Lipinski definition) is 2. The van der Waals surface area contributed by atoms with Gasteiger partial charge in [-0.3, -0.25) is 0 Å². The number of aliphatic hydroxyl groups is 1. The van der Waals surface area contributed by atoms with Gasteiger partial charge in [0.25, 0.3) is 0 Å². The molecule has 14 heavy (non-hydrogen) atoms. The van der Waals surface area contributed by atoms with Crippen molar-refractivity contribution >= 4 is 17.7 Å². The molecule has 0 fully saturated rings. The van der Waals surface area contributed by atoms with Crippen LogP contribution in [0.5, 0.6) is 0 Å². The maximum Gasteiger partial charge on any atom is 0.336 e. The van der Waals surface area contributed by atoms with E-state index in [2.05, 4.69) is 10.2 Å². The summed E-state index contributed by atoms with van der Waals surface area (Å²) in [6, 6.07) is 0. The molecule has 0 radical (unpaired) electrons. The highest BCUT2D eigenvalue weighted by molar-refractivity contribution is 7.99. The Kier molecular flexibility index (Phi) is 3.12. The molecule has 1 unspecified atom stereocenters. The average Bonchev–Trinajstić information content (AvgIpc) is 2.47. The Balaban J connectivity index is 2.57. The first kappa shape index (κ1) is 11.0. The van der Waals surface area contributed by atoms with Gasteiger partial charge in [-0.25, -0.2) is 4.79 Å². The lowest BCUT2D eigenvalue weighted by Gasteiger charge is -2.16. The number of carboxylic acids is 1. The van der Waals surface area contributed by atoms with Crippen LogP contribution in [0.3, 0.4) is 0 Å². The molecule has 1 atom stereocenters. The van der Waals surface area contributed by atoms with Gasteiger partial charge < -0.3 is 14.8 Å². The van der Waals surface area contributed by atoms with Crippen molar-refractivity contribution in [3.63, 3.8) is 0 Å². The van der Waals surface area contributed by atoms with Crippen molar-refractivity contribution in [2.24, 2.45) is 7.05 Å². The minimum absolute atomic E-state index is 0.0366. The Bertz CT molecular complexity index is 337. The number of aliphatic carboxylic acids is 1. The van der Waals surface area contributed by atoms with Gasteiger partial charge in [-0.05, 0) is 6.92 Å². The average molecular weight is 217 g/mol. The second-order valence-corrected chi connectivity index (χ2v) is 4.03. The molecule has 0 bridgehead atoms. The first-order valence-electron chi connectivity index (χ1n) is 3.86. The normalized spacial score (nSPS) is 15.1. The monoisotopic (exact) mass is 217 g/mol. The predicted molar refractivity (Wildman–Crippen MR) is 50.0 cm³/mol. The van der Waals surface area contributed by atoms with Crippen LogP contribution in [0.1, 0.15) is 6.92 Å². The van der Waals surface area contributed by atoms with Crippen molar-refractivity contribution < 1.29 is 15.0 Å². The zero-order valence-corrected chi connectivity index (χ0v) is 8.65. The third-order valence-corrected chi connectivity index (χ3v) is 2.95. The van der Waals surface area contributed by atoms with E-state index in [1.165, 1.54) is 13.3 Å². The maximum absolute atomic E-state index is 10.6. The maximum atomic E-state index is 10.6. The third kappa shape index (κ3) is 2.46. The Labute approximate surface area is 85.0 Å². The third-order valence-electron chi connectivity index (χ3n) is 1.61. The van der Waals surface area contributed by atoms with Gasteiger partial charge in [-0.15, -0.1) is 10.2 Å². The number of carbonyl (C=O) groups is 1. The second kappa shape index (κ2) is 3.97. The van der Waals surface area contributed by atoms with Crippen LogP contribution in [0.15, 0.2) is 11.5 Å². The van der Waals surface area contributed by atoms with E-state index in [1.807, 2.05) is 0 Å². The lowest BCUT2D eigenvalue weighted by Crippen LogP contribution is -2.37. The SMILES string of the molecule is Cn1cnnc1SCC(C)(O)C(=O)O. The van der Waals surface area contributed by atoms with Gasteiger partial charge in [0.15, 0.2) is 10.8 Å². The second-order valence-electron chi connectivity index (χ2n) is 3.09. The van der Waals surface area contributed by atoms with Gasteiger partial charge in [-0.1, -0.05) is 11.8 Å². The number of rotatable bonds is 4. The van der Waals surface area contributed by atoms with Crippen LogP contribution in [0.25, 0.3) is 0 Å². The number of aryl methyl sites for hydroxylation is 1. The van der Waals surface area contributed by atoms with E-state index < -0.39 is 11.6 Å². The van der Waals surface area contributed by atoms with Gasteiger partial charge >= 0.3 is 5.97 Å². The molecule has 1 heterocycles. The summed E-state index contributed by atoms with van der Waals surface area (Å²) in [5.74, 6) is -1.21. The van der Waals surface area contributed by atoms with Crippen molar-refractivity contribution in [3.8, 4) is 0 Å². The van der Waals surface area contributed by atoms with Crippen LogP contribution in [-0.4, -0.2) is 42.3 Å². The van der Waals surface area contributed by atoms with E-state index in [9.17, 15) is 9.90 Å². The molecule has 0 aromatic carbocycles. The Morgan fingerprint density at radius 1 is 1.79 bits per heavy atom. The molecule has 0 aliphatic rings. The molecular weight excluding hydrogens is 206 g/mol. The lowest BCUT2D eigenvalue weighted by atomic mass is 10.1. The molecule has 7 heteroatoms. The van der Waals surface area contributed by atoms with Crippen LogP contribution in [-0.2, 0) is 11.8 Å². The van der Waals surface area contributed by atoms with Crippen molar-refractivity contribution in [2.45, 2.75) is 17.7 Å². The smallest absolute Gasteiger partial charge is 0.336 e. The molecule has 78 valence electrons. The fourth-order valence-corrected chi connectivity index (χ4v) is 1.56. The summed E-state index contributed by atoms with van der Waals surface area (Å²) in [5, 5.41) is 26.0. The lowest BCUT2D eigenvalue weighted by molar-refractivity contribution is -0.154. The largest absolute Gasteiger partial charge is 0.479 e. The van der Waals surface area contributed by atoms with Crippen molar-refractivity contribution in [3.05, 3.63) is 6.33 Å². The molecular formula is C7H11N3O3S. The van der Waals surface area contributed by atoms with Crippen molar-refractivity contribution in [1.82, 2.24) is 14.8 Å². The Hall–Kier alpha value is -1.08. The van der Waals surface area contributed by atoms with Crippen molar-refractivity contribution in [1.29, 1.82) is 0 Å². The first-order chi connectivity index (χ1) is 6.43.